The first-order chi connectivity index (χ1) is 7.83. The largest absolute Gasteiger partial charge is 0.337 e. The van der Waals surface area contributed by atoms with Gasteiger partial charge in [0, 0.05) is 24.6 Å². The van der Waals surface area contributed by atoms with E-state index in [-0.39, 0.29) is 5.91 Å². The number of carbonyl (C=O) groups is 1. The SMILES string of the molecule is NNc1ccccc1C(=O)N1CCSCC1. The van der Waals surface area contributed by atoms with Crippen LogP contribution in [0.1, 0.15) is 10.4 Å². The summed E-state index contributed by atoms with van der Waals surface area (Å²) in [6, 6.07) is 7.33. The Morgan fingerprint density at radius 2 is 2.00 bits per heavy atom. The first-order valence-corrected chi connectivity index (χ1v) is 6.41. The molecule has 0 bridgehead atoms. The van der Waals surface area contributed by atoms with E-state index in [9.17, 15) is 4.79 Å². The molecule has 2 rings (SSSR count). The Balaban J connectivity index is 2.19. The average Bonchev–Trinajstić information content (AvgIpc) is 2.39. The number of nitrogens with one attached hydrogen (secondary N) is 1. The molecular weight excluding hydrogens is 222 g/mol. The lowest BCUT2D eigenvalue weighted by atomic mass is 10.1. The van der Waals surface area contributed by atoms with Gasteiger partial charge in [-0.1, -0.05) is 12.1 Å². The lowest BCUT2D eigenvalue weighted by Crippen LogP contribution is -2.38. The fraction of sp³-hybridized carbons (Fsp3) is 0.364. The Labute approximate surface area is 99.2 Å². The summed E-state index contributed by atoms with van der Waals surface area (Å²) < 4.78 is 0. The Morgan fingerprint density at radius 3 is 2.69 bits per heavy atom. The number of hydrogen-bond acceptors (Lipinski definition) is 4. The van der Waals surface area contributed by atoms with Gasteiger partial charge in [0.25, 0.3) is 5.91 Å². The predicted molar refractivity (Wildman–Crippen MR) is 67.5 cm³/mol. The third-order valence-corrected chi connectivity index (χ3v) is 3.55. The molecule has 3 N–H and O–H groups in total. The first-order valence-electron chi connectivity index (χ1n) is 5.25. The number of amides is 1. The van der Waals surface area contributed by atoms with Gasteiger partial charge >= 0.3 is 0 Å². The van der Waals surface area contributed by atoms with Gasteiger partial charge in [0.05, 0.1) is 11.3 Å². The number of anilines is 1. The molecule has 5 heteroatoms. The van der Waals surface area contributed by atoms with Gasteiger partial charge in [0.2, 0.25) is 0 Å². The van der Waals surface area contributed by atoms with Crippen molar-refractivity contribution in [2.45, 2.75) is 0 Å². The van der Waals surface area contributed by atoms with E-state index in [4.69, 9.17) is 5.84 Å². The van der Waals surface area contributed by atoms with E-state index in [1.807, 2.05) is 34.9 Å². The fourth-order valence-electron chi connectivity index (χ4n) is 1.73. The Hall–Kier alpha value is -1.20. The summed E-state index contributed by atoms with van der Waals surface area (Å²) in [4.78, 5) is 14.1. The van der Waals surface area contributed by atoms with Crippen LogP contribution in [0.3, 0.4) is 0 Å². The van der Waals surface area contributed by atoms with E-state index in [2.05, 4.69) is 5.43 Å². The highest BCUT2D eigenvalue weighted by Gasteiger charge is 2.20. The summed E-state index contributed by atoms with van der Waals surface area (Å²) in [6.07, 6.45) is 0. The van der Waals surface area contributed by atoms with Gasteiger partial charge in [-0.3, -0.25) is 10.6 Å². The van der Waals surface area contributed by atoms with Crippen LogP contribution < -0.4 is 11.3 Å². The summed E-state index contributed by atoms with van der Waals surface area (Å²) in [6.45, 7) is 1.64. The maximum atomic E-state index is 12.2. The van der Waals surface area contributed by atoms with Crippen LogP contribution in [-0.2, 0) is 0 Å². The van der Waals surface area contributed by atoms with Crippen molar-refractivity contribution in [3.05, 3.63) is 29.8 Å². The molecule has 0 unspecified atom stereocenters. The number of nitrogen functional groups attached to an aromatic ring is 1. The second-order valence-corrected chi connectivity index (χ2v) is 4.82. The van der Waals surface area contributed by atoms with Crippen molar-refractivity contribution in [2.75, 3.05) is 30.0 Å². The van der Waals surface area contributed by atoms with E-state index >= 15 is 0 Å². The highest BCUT2D eigenvalue weighted by atomic mass is 32.2. The monoisotopic (exact) mass is 237 g/mol. The van der Waals surface area contributed by atoms with E-state index < -0.39 is 0 Å². The maximum Gasteiger partial charge on any atom is 0.256 e. The van der Waals surface area contributed by atoms with Gasteiger partial charge in [-0.15, -0.1) is 0 Å². The number of thioether (sulfide) groups is 1. The van der Waals surface area contributed by atoms with Crippen LogP contribution in [0.4, 0.5) is 5.69 Å². The molecule has 0 radical (unpaired) electrons. The highest BCUT2D eigenvalue weighted by molar-refractivity contribution is 7.99. The number of benzene rings is 1. The maximum absolute atomic E-state index is 12.2. The Kier molecular flexibility index (Phi) is 3.69. The molecule has 1 saturated heterocycles. The molecule has 1 aliphatic rings. The van der Waals surface area contributed by atoms with E-state index in [1.165, 1.54) is 0 Å². The Bertz CT molecular complexity index is 377. The molecule has 0 atom stereocenters. The number of carbonyl (C=O) groups excluding carboxylic acids is 1. The number of hydrogen-bond donors (Lipinski definition) is 2. The molecule has 86 valence electrons. The van der Waals surface area contributed by atoms with Crippen molar-refractivity contribution >= 4 is 23.4 Å². The minimum absolute atomic E-state index is 0.0638. The molecule has 1 aromatic rings. The summed E-state index contributed by atoms with van der Waals surface area (Å²) in [5.74, 6) is 7.49. The predicted octanol–water partition coefficient (Wildman–Crippen LogP) is 1.16. The van der Waals surface area contributed by atoms with E-state index in [1.54, 1.807) is 6.07 Å². The number of nitrogens with two attached hydrogens (primary N) is 1. The molecule has 0 saturated carbocycles. The fourth-order valence-corrected chi connectivity index (χ4v) is 2.64. The molecule has 16 heavy (non-hydrogen) atoms. The van der Waals surface area contributed by atoms with Crippen LogP contribution in [0.25, 0.3) is 0 Å². The number of nitrogens with zero attached hydrogens (tertiary/aromatic N) is 1. The molecule has 1 heterocycles. The smallest absolute Gasteiger partial charge is 0.256 e. The molecular formula is C11H15N3OS. The number of rotatable bonds is 2. The molecule has 0 spiro atoms. The van der Waals surface area contributed by atoms with Crippen molar-refractivity contribution in [3.63, 3.8) is 0 Å². The van der Waals surface area contributed by atoms with Gasteiger partial charge in [0.1, 0.15) is 0 Å². The third-order valence-electron chi connectivity index (χ3n) is 2.61. The van der Waals surface area contributed by atoms with Crippen molar-refractivity contribution in [2.24, 2.45) is 5.84 Å². The summed E-state index contributed by atoms with van der Waals surface area (Å²) in [5, 5.41) is 0. The second-order valence-electron chi connectivity index (χ2n) is 3.59. The van der Waals surface area contributed by atoms with E-state index in [0.29, 0.717) is 11.3 Å². The van der Waals surface area contributed by atoms with Gasteiger partial charge in [0.15, 0.2) is 0 Å². The minimum Gasteiger partial charge on any atom is -0.337 e. The number of hydrazine groups is 1. The van der Waals surface area contributed by atoms with Gasteiger partial charge in [-0.25, -0.2) is 0 Å². The van der Waals surface area contributed by atoms with Crippen molar-refractivity contribution in [1.29, 1.82) is 0 Å². The molecule has 4 nitrogen and oxygen atoms in total. The molecule has 1 fully saturated rings. The molecule has 0 aromatic heterocycles. The van der Waals surface area contributed by atoms with Crippen LogP contribution in [0.2, 0.25) is 0 Å². The standard InChI is InChI=1S/C11H15N3OS/c12-13-10-4-2-1-3-9(10)11(15)14-5-7-16-8-6-14/h1-4,13H,5-8,12H2. The van der Waals surface area contributed by atoms with Crippen LogP contribution in [0.15, 0.2) is 24.3 Å². The summed E-state index contributed by atoms with van der Waals surface area (Å²) in [7, 11) is 0. The topological polar surface area (TPSA) is 58.4 Å². The van der Waals surface area contributed by atoms with Crippen LogP contribution in [0, 0.1) is 0 Å². The average molecular weight is 237 g/mol. The van der Waals surface area contributed by atoms with Gasteiger partial charge < -0.3 is 10.3 Å². The zero-order valence-corrected chi connectivity index (χ0v) is 9.80. The van der Waals surface area contributed by atoms with Crippen molar-refractivity contribution in [3.8, 4) is 0 Å². The molecule has 1 amide bonds. The normalized spacial score (nSPS) is 15.9. The van der Waals surface area contributed by atoms with Crippen molar-refractivity contribution in [1.82, 2.24) is 4.90 Å². The summed E-state index contributed by atoms with van der Waals surface area (Å²) >= 11 is 1.89. The molecule has 1 aliphatic heterocycles. The summed E-state index contributed by atoms with van der Waals surface area (Å²) in [5.41, 5.74) is 3.90. The minimum atomic E-state index is 0.0638. The lowest BCUT2D eigenvalue weighted by molar-refractivity contribution is 0.0773. The zero-order chi connectivity index (χ0) is 11.4. The van der Waals surface area contributed by atoms with Gasteiger partial charge in [-0.05, 0) is 12.1 Å². The van der Waals surface area contributed by atoms with Crippen LogP contribution in [-0.4, -0.2) is 35.4 Å². The van der Waals surface area contributed by atoms with Crippen LogP contribution in [0.5, 0.6) is 0 Å². The van der Waals surface area contributed by atoms with E-state index in [0.717, 1.165) is 24.6 Å². The van der Waals surface area contributed by atoms with Crippen molar-refractivity contribution < 1.29 is 4.79 Å². The number of para-hydroxylation sites is 1. The highest BCUT2D eigenvalue weighted by Crippen LogP contribution is 2.18. The Morgan fingerprint density at radius 1 is 1.31 bits per heavy atom. The first kappa shape index (κ1) is 11.3. The molecule has 1 aromatic carbocycles. The second kappa shape index (κ2) is 5.23. The van der Waals surface area contributed by atoms with Gasteiger partial charge in [-0.2, -0.15) is 11.8 Å². The quantitative estimate of drug-likeness (QED) is 0.598. The van der Waals surface area contributed by atoms with Crippen LogP contribution >= 0.6 is 11.8 Å². The zero-order valence-electron chi connectivity index (χ0n) is 8.98. The molecule has 0 aliphatic carbocycles. The lowest BCUT2D eigenvalue weighted by Gasteiger charge is -2.27. The third kappa shape index (κ3) is 2.31.